The zero-order valence-electron chi connectivity index (χ0n) is 22.4. The average Bonchev–Trinajstić information content (AvgIpc) is 2.79. The molecule has 0 aromatic heterocycles. The Morgan fingerprint density at radius 1 is 0.559 bits per heavy atom. The topological polar surface area (TPSA) is 144 Å². The summed E-state index contributed by atoms with van der Waals surface area (Å²) in [4.78, 5) is 0. The van der Waals surface area contributed by atoms with Crippen LogP contribution in [0, 0.1) is 0 Å². The van der Waals surface area contributed by atoms with E-state index in [0.29, 0.717) is 39.3 Å². The molecule has 0 bridgehead atoms. The number of nitrogens with one attached hydrogen (secondary N) is 9. The molecule has 0 atom stereocenters. The predicted octanol–water partition coefficient (Wildman–Crippen LogP) is -1.60. The molecule has 9 N–H and O–H groups in total. The van der Waals surface area contributed by atoms with Gasteiger partial charge in [-0.3, -0.25) is 0 Å². The number of hydroxylamine groups is 1. The molecule has 34 heavy (non-hydrogen) atoms. The van der Waals surface area contributed by atoms with Crippen molar-refractivity contribution in [1.82, 2.24) is 45.0 Å². The van der Waals surface area contributed by atoms with Crippen LogP contribution in [0.1, 0.15) is 34.6 Å². The van der Waals surface area contributed by atoms with Crippen molar-refractivity contribution in [2.75, 3.05) is 98.2 Å². The fourth-order valence-corrected chi connectivity index (χ4v) is 7.56. The number of rotatable bonds is 27. The molecule has 0 aromatic rings. The number of likely N-dealkylation sites (N-methyl/N-ethyl adjacent to an activating group) is 3. The molecule has 0 aliphatic carbocycles. The van der Waals surface area contributed by atoms with Gasteiger partial charge >= 0.3 is 210 Å². The van der Waals surface area contributed by atoms with Crippen molar-refractivity contribution < 1.29 is 26.6 Å². The predicted molar refractivity (Wildman–Crippen MR) is 136 cm³/mol. The Kier molecular flexibility index (Phi) is 22.3. The van der Waals surface area contributed by atoms with Gasteiger partial charge in [-0.15, -0.1) is 0 Å². The third kappa shape index (κ3) is 19.3. The summed E-state index contributed by atoms with van der Waals surface area (Å²) >= 11 is -5.43. The second-order valence-corrected chi connectivity index (χ2v) is 13.2. The minimum absolute atomic E-state index is 0.280. The molecular formula is C21H55N9O3Ti. The van der Waals surface area contributed by atoms with E-state index < -0.39 is 16.6 Å². The first-order chi connectivity index (χ1) is 16.4. The molecule has 0 radical (unpaired) electrons. The molecule has 0 heterocycles. The van der Waals surface area contributed by atoms with E-state index in [0.717, 1.165) is 58.9 Å². The summed E-state index contributed by atoms with van der Waals surface area (Å²) < 4.78 is 32.4. The van der Waals surface area contributed by atoms with Crippen LogP contribution in [0.15, 0.2) is 0 Å². The van der Waals surface area contributed by atoms with Crippen LogP contribution in [0.5, 0.6) is 0 Å². The Hall–Kier alpha value is 0.0743. The van der Waals surface area contributed by atoms with Crippen LogP contribution >= 0.6 is 0 Å². The molecule has 0 aliphatic rings. The maximum atomic E-state index is 14.3. The van der Waals surface area contributed by atoms with Crippen molar-refractivity contribution in [2.24, 2.45) is 0 Å². The summed E-state index contributed by atoms with van der Waals surface area (Å²) in [6.45, 7) is 21.4. The van der Waals surface area contributed by atoms with E-state index in [1.165, 1.54) is 0 Å². The Balaban J connectivity index is 4.81. The van der Waals surface area contributed by atoms with Gasteiger partial charge < -0.3 is 0 Å². The summed E-state index contributed by atoms with van der Waals surface area (Å²) in [6.07, 6.45) is -0.280. The molecule has 0 aliphatic heterocycles. The van der Waals surface area contributed by atoms with Gasteiger partial charge in [-0.05, 0) is 0 Å². The van der Waals surface area contributed by atoms with E-state index in [4.69, 9.17) is 6.74 Å². The van der Waals surface area contributed by atoms with E-state index in [2.05, 4.69) is 65.7 Å². The second kappa shape index (κ2) is 22.3. The molecule has 206 valence electrons. The molecule has 0 rings (SSSR count). The monoisotopic (exact) mass is 529 g/mol. The molecule has 0 saturated carbocycles. The third-order valence-corrected chi connectivity index (χ3v) is 9.65. The fraction of sp³-hybridized carbons (Fsp3) is 1.00. The normalized spacial score (nSPS) is 12.7. The van der Waals surface area contributed by atoms with E-state index in [9.17, 15) is 3.32 Å². The Bertz CT molecular complexity index is 494. The van der Waals surface area contributed by atoms with Gasteiger partial charge in [0, 0.05) is 0 Å². The van der Waals surface area contributed by atoms with Crippen molar-refractivity contribution in [1.29, 1.82) is 0 Å². The van der Waals surface area contributed by atoms with Crippen molar-refractivity contribution in [3.05, 3.63) is 0 Å². The average molecular weight is 530 g/mol. The summed E-state index contributed by atoms with van der Waals surface area (Å²) in [5.41, 5.74) is 2.88. The van der Waals surface area contributed by atoms with Gasteiger partial charge in [0.15, 0.2) is 0 Å². The van der Waals surface area contributed by atoms with Crippen LogP contribution in [0.3, 0.4) is 0 Å². The molecule has 0 spiro atoms. The first kappa shape index (κ1) is 34.1. The summed E-state index contributed by atoms with van der Waals surface area (Å²) in [5.74, 6) is 0. The van der Waals surface area contributed by atoms with E-state index in [1.54, 1.807) is 0 Å². The van der Waals surface area contributed by atoms with E-state index in [1.807, 2.05) is 13.8 Å². The zero-order valence-corrected chi connectivity index (χ0v) is 24.0. The van der Waals surface area contributed by atoms with Gasteiger partial charge in [0.2, 0.25) is 0 Å². The van der Waals surface area contributed by atoms with Gasteiger partial charge in [-0.1, -0.05) is 0 Å². The molecular weight excluding hydrogens is 474 g/mol. The quantitative estimate of drug-likeness (QED) is 0.0344. The van der Waals surface area contributed by atoms with Crippen LogP contribution in [0.4, 0.5) is 0 Å². The Morgan fingerprint density at radius 3 is 1.29 bits per heavy atom. The van der Waals surface area contributed by atoms with Crippen LogP contribution in [-0.2, 0) is 26.6 Å². The van der Waals surface area contributed by atoms with Gasteiger partial charge in [0.25, 0.3) is 0 Å². The Labute approximate surface area is 210 Å². The number of hydrogen-bond donors (Lipinski definition) is 9. The van der Waals surface area contributed by atoms with Gasteiger partial charge in [0.1, 0.15) is 0 Å². The van der Waals surface area contributed by atoms with Crippen LogP contribution in [-0.4, -0.2) is 104 Å². The first-order valence-corrected chi connectivity index (χ1v) is 16.6. The van der Waals surface area contributed by atoms with Crippen molar-refractivity contribution in [2.45, 2.75) is 40.7 Å². The van der Waals surface area contributed by atoms with Crippen molar-refractivity contribution in [3.8, 4) is 0 Å². The van der Waals surface area contributed by atoms with Crippen LogP contribution in [0.25, 0.3) is 0 Å². The minimum atomic E-state index is -5.43. The summed E-state index contributed by atoms with van der Waals surface area (Å²) in [7, 11) is 0. The fourth-order valence-electron chi connectivity index (χ4n) is 3.16. The second-order valence-electron chi connectivity index (χ2n) is 8.31. The first-order valence-electron chi connectivity index (χ1n) is 13.1. The third-order valence-electron chi connectivity index (χ3n) is 4.76. The standard InChI is InChI=1S/C6H16N3O.2C6H16N3.C3H7O.O.Ti/c1-2-7-3-4-8-5-6-9-10;2*1-2-8-5-6-9-4-3-7;1-3(2)4;;/h7-9H,2-6H2,1H3;2*7-9H,2-6H2,1H3;3H,1-2H3;;/q4*-1;;+4. The molecule has 0 aromatic carbocycles. The van der Waals surface area contributed by atoms with E-state index in [-0.39, 0.29) is 6.10 Å². The van der Waals surface area contributed by atoms with Crippen molar-refractivity contribution >= 4 is 0 Å². The summed E-state index contributed by atoms with van der Waals surface area (Å²) in [5, 5.41) is 19.8. The molecule has 12 nitrogen and oxygen atoms in total. The maximum absolute atomic E-state index is 14.3. The molecule has 0 unspecified atom stereocenters. The van der Waals surface area contributed by atoms with Gasteiger partial charge in [-0.2, -0.15) is 0 Å². The molecule has 0 amide bonds. The molecule has 0 fully saturated rings. The van der Waals surface area contributed by atoms with Crippen LogP contribution < -0.4 is 45.0 Å². The zero-order chi connectivity index (χ0) is 25.4. The SMILES string of the molecule is CCNCCNCCN[O][Ti](=[O])([NH]CCNCCNCC)([NH]CCNCCNCC)[O]C(C)C. The molecule has 0 saturated heterocycles. The summed E-state index contributed by atoms with van der Waals surface area (Å²) in [6, 6.07) is 0. The van der Waals surface area contributed by atoms with E-state index >= 15 is 0 Å². The van der Waals surface area contributed by atoms with Crippen molar-refractivity contribution in [3.63, 3.8) is 0 Å². The number of hydrogen-bond acceptors (Lipinski definition) is 10. The molecule has 13 heteroatoms. The van der Waals surface area contributed by atoms with Gasteiger partial charge in [0.05, 0.1) is 0 Å². The van der Waals surface area contributed by atoms with Gasteiger partial charge in [-0.25, -0.2) is 0 Å². The van der Waals surface area contributed by atoms with Crippen LogP contribution in [0.2, 0.25) is 0 Å². The Morgan fingerprint density at radius 2 is 0.912 bits per heavy atom.